The highest BCUT2D eigenvalue weighted by atomic mass is 16.5. The number of esters is 1. The Labute approximate surface area is 140 Å². The van der Waals surface area contributed by atoms with Gasteiger partial charge in [0, 0.05) is 19.3 Å². The lowest BCUT2D eigenvalue weighted by Crippen LogP contribution is -2.49. The number of aryl methyl sites for hydroxylation is 1. The molecular weight excluding hydrogens is 312 g/mol. The second-order valence-corrected chi connectivity index (χ2v) is 6.37. The maximum Gasteiger partial charge on any atom is 0.341 e. The van der Waals surface area contributed by atoms with Gasteiger partial charge in [0.15, 0.2) is 6.61 Å². The Kier molecular flexibility index (Phi) is 5.94. The molecule has 0 saturated heterocycles. The number of amides is 3. The highest BCUT2D eigenvalue weighted by molar-refractivity contribution is 5.96. The molecular formula is C16H24N4O4. The first-order valence-electron chi connectivity index (χ1n) is 8.13. The summed E-state index contributed by atoms with van der Waals surface area (Å²) in [5.74, 6) is -0.419. The molecule has 1 aliphatic carbocycles. The number of urea groups is 1. The molecule has 0 bridgehead atoms. The fraction of sp³-hybridized carbons (Fsp3) is 0.625. The molecule has 24 heavy (non-hydrogen) atoms. The number of rotatable bonds is 4. The van der Waals surface area contributed by atoms with Crippen molar-refractivity contribution < 1.29 is 19.1 Å². The lowest BCUT2D eigenvalue weighted by Gasteiger charge is -2.34. The minimum atomic E-state index is -0.666. The van der Waals surface area contributed by atoms with Gasteiger partial charge >= 0.3 is 12.0 Å². The van der Waals surface area contributed by atoms with Crippen LogP contribution < -0.4 is 10.6 Å². The monoisotopic (exact) mass is 336 g/mol. The van der Waals surface area contributed by atoms with E-state index >= 15 is 0 Å². The summed E-state index contributed by atoms with van der Waals surface area (Å²) in [6.07, 6.45) is 5.96. The fourth-order valence-corrected chi connectivity index (χ4v) is 2.89. The van der Waals surface area contributed by atoms with Crippen LogP contribution in [0, 0.1) is 11.8 Å². The molecule has 1 saturated carbocycles. The first-order chi connectivity index (χ1) is 11.4. The molecule has 1 aliphatic rings. The molecule has 2 N–H and O–H groups in total. The van der Waals surface area contributed by atoms with E-state index in [1.165, 1.54) is 17.1 Å². The van der Waals surface area contributed by atoms with Crippen LogP contribution in [0.25, 0.3) is 0 Å². The molecule has 3 amide bonds. The molecule has 1 aromatic rings. The molecule has 0 spiro atoms. The third kappa shape index (κ3) is 4.81. The lowest BCUT2D eigenvalue weighted by atomic mass is 9.78. The predicted octanol–water partition coefficient (Wildman–Crippen LogP) is 1.23. The van der Waals surface area contributed by atoms with Crippen molar-refractivity contribution in [3.8, 4) is 0 Å². The lowest BCUT2D eigenvalue weighted by molar-refractivity contribution is -0.123. The molecule has 0 unspecified atom stereocenters. The number of ether oxygens (including phenoxy) is 1. The zero-order valence-electron chi connectivity index (χ0n) is 14.2. The second kappa shape index (κ2) is 7.94. The van der Waals surface area contributed by atoms with Gasteiger partial charge in [0.05, 0.1) is 11.8 Å². The maximum absolute atomic E-state index is 11.9. The van der Waals surface area contributed by atoms with E-state index in [0.717, 1.165) is 19.3 Å². The number of aromatic nitrogens is 2. The zero-order valence-corrected chi connectivity index (χ0v) is 14.2. The first kappa shape index (κ1) is 18.0. The van der Waals surface area contributed by atoms with Gasteiger partial charge in [-0.2, -0.15) is 5.10 Å². The fourth-order valence-electron chi connectivity index (χ4n) is 2.89. The molecule has 0 aliphatic heterocycles. The molecule has 0 radical (unpaired) electrons. The van der Waals surface area contributed by atoms with Crippen LogP contribution in [0.4, 0.5) is 4.79 Å². The summed E-state index contributed by atoms with van der Waals surface area (Å²) in [4.78, 5) is 35.3. The van der Waals surface area contributed by atoms with Crippen LogP contribution in [-0.4, -0.2) is 40.3 Å². The van der Waals surface area contributed by atoms with Gasteiger partial charge in [0.2, 0.25) is 0 Å². The Morgan fingerprint density at radius 2 is 2.08 bits per heavy atom. The minimum absolute atomic E-state index is 0.0551. The van der Waals surface area contributed by atoms with Crippen LogP contribution in [0.1, 0.15) is 43.5 Å². The van der Waals surface area contributed by atoms with Crippen LogP contribution in [0.15, 0.2) is 12.4 Å². The summed E-state index contributed by atoms with van der Waals surface area (Å²) in [6.45, 7) is 3.75. The normalized spacial score (nSPS) is 23.4. The van der Waals surface area contributed by atoms with Crippen molar-refractivity contribution in [1.29, 1.82) is 0 Å². The second-order valence-electron chi connectivity index (χ2n) is 6.37. The largest absolute Gasteiger partial charge is 0.452 e. The van der Waals surface area contributed by atoms with Crippen molar-refractivity contribution in [2.24, 2.45) is 18.9 Å². The van der Waals surface area contributed by atoms with Crippen molar-refractivity contribution in [2.75, 3.05) is 6.61 Å². The molecule has 3 atom stereocenters. The SMILES string of the molecule is C[C@H]1[C@H](C)CCC[C@@H]1NC(=O)NC(=O)COC(=O)c1cnn(C)c1. The Morgan fingerprint density at radius 1 is 1.33 bits per heavy atom. The summed E-state index contributed by atoms with van der Waals surface area (Å²) in [6, 6.07) is -0.497. The van der Waals surface area contributed by atoms with Gasteiger partial charge in [-0.05, 0) is 18.3 Å². The van der Waals surface area contributed by atoms with Crippen molar-refractivity contribution in [1.82, 2.24) is 20.4 Å². The van der Waals surface area contributed by atoms with Gasteiger partial charge < -0.3 is 10.1 Å². The first-order valence-corrected chi connectivity index (χ1v) is 8.13. The van der Waals surface area contributed by atoms with E-state index in [-0.39, 0.29) is 11.6 Å². The standard InChI is InChI=1S/C16H24N4O4/c1-10-5-4-6-13(11(10)2)18-16(23)19-14(21)9-24-15(22)12-7-17-20(3)8-12/h7-8,10-11,13H,4-6,9H2,1-3H3,(H2,18,19,21,23)/t10-,11+,13+/m1/s1. The third-order valence-corrected chi connectivity index (χ3v) is 4.55. The van der Waals surface area contributed by atoms with Gasteiger partial charge in [-0.15, -0.1) is 0 Å². The Balaban J connectivity index is 1.73. The zero-order chi connectivity index (χ0) is 17.7. The van der Waals surface area contributed by atoms with Crippen LogP contribution in [-0.2, 0) is 16.6 Å². The van der Waals surface area contributed by atoms with Crippen LogP contribution in [0.2, 0.25) is 0 Å². The average Bonchev–Trinajstić information content (AvgIpc) is 2.96. The number of imide groups is 1. The van der Waals surface area contributed by atoms with E-state index in [0.29, 0.717) is 11.8 Å². The quantitative estimate of drug-likeness (QED) is 0.805. The minimum Gasteiger partial charge on any atom is -0.452 e. The van der Waals surface area contributed by atoms with E-state index in [4.69, 9.17) is 4.74 Å². The number of nitrogens with one attached hydrogen (secondary N) is 2. The molecule has 2 rings (SSSR count). The number of carbonyl (C=O) groups is 3. The van der Waals surface area contributed by atoms with Gasteiger partial charge in [-0.25, -0.2) is 9.59 Å². The van der Waals surface area contributed by atoms with E-state index in [1.807, 2.05) is 0 Å². The van der Waals surface area contributed by atoms with Crippen molar-refractivity contribution in [3.05, 3.63) is 18.0 Å². The number of nitrogens with zero attached hydrogens (tertiary/aromatic N) is 2. The smallest absolute Gasteiger partial charge is 0.341 e. The number of hydrogen-bond acceptors (Lipinski definition) is 5. The summed E-state index contributed by atoms with van der Waals surface area (Å²) in [5.41, 5.74) is 0.250. The topological polar surface area (TPSA) is 102 Å². The molecule has 8 heteroatoms. The van der Waals surface area contributed by atoms with Crippen LogP contribution in [0.5, 0.6) is 0 Å². The molecule has 1 heterocycles. The summed E-state index contributed by atoms with van der Waals surface area (Å²) < 4.78 is 6.30. The van der Waals surface area contributed by atoms with Gasteiger partial charge in [-0.3, -0.25) is 14.8 Å². The summed E-state index contributed by atoms with van der Waals surface area (Å²) in [7, 11) is 1.67. The maximum atomic E-state index is 11.9. The van der Waals surface area contributed by atoms with Crippen molar-refractivity contribution in [2.45, 2.75) is 39.2 Å². The van der Waals surface area contributed by atoms with Crippen molar-refractivity contribution in [3.63, 3.8) is 0 Å². The molecule has 8 nitrogen and oxygen atoms in total. The van der Waals surface area contributed by atoms with Crippen molar-refractivity contribution >= 4 is 17.9 Å². The highest BCUT2D eigenvalue weighted by Gasteiger charge is 2.28. The molecule has 0 aromatic carbocycles. The van der Waals surface area contributed by atoms with E-state index < -0.39 is 24.5 Å². The van der Waals surface area contributed by atoms with Crippen LogP contribution in [0.3, 0.4) is 0 Å². The Morgan fingerprint density at radius 3 is 2.75 bits per heavy atom. The Hall–Kier alpha value is -2.38. The summed E-state index contributed by atoms with van der Waals surface area (Å²) in [5, 5.41) is 8.86. The van der Waals surface area contributed by atoms with E-state index in [1.54, 1.807) is 7.05 Å². The van der Waals surface area contributed by atoms with E-state index in [9.17, 15) is 14.4 Å². The average molecular weight is 336 g/mol. The number of carbonyl (C=O) groups excluding carboxylic acids is 3. The number of hydrogen-bond donors (Lipinski definition) is 2. The van der Waals surface area contributed by atoms with Crippen LogP contribution >= 0.6 is 0 Å². The highest BCUT2D eigenvalue weighted by Crippen LogP contribution is 2.29. The summed E-state index contributed by atoms with van der Waals surface area (Å²) >= 11 is 0. The Bertz CT molecular complexity index is 613. The predicted molar refractivity (Wildman–Crippen MR) is 86.1 cm³/mol. The van der Waals surface area contributed by atoms with Gasteiger partial charge in [0.1, 0.15) is 0 Å². The molecule has 1 fully saturated rings. The van der Waals surface area contributed by atoms with Gasteiger partial charge in [0.25, 0.3) is 5.91 Å². The third-order valence-electron chi connectivity index (χ3n) is 4.55. The molecule has 1 aromatic heterocycles. The van der Waals surface area contributed by atoms with Gasteiger partial charge in [-0.1, -0.05) is 26.7 Å². The van der Waals surface area contributed by atoms with E-state index in [2.05, 4.69) is 29.6 Å². The molecule has 132 valence electrons.